The molecule has 0 amide bonds. The third-order valence-corrected chi connectivity index (χ3v) is 2.73. The van der Waals surface area contributed by atoms with Gasteiger partial charge in [0.05, 0.1) is 18.0 Å². The molecule has 92 valence electrons. The van der Waals surface area contributed by atoms with Crippen molar-refractivity contribution in [1.29, 1.82) is 0 Å². The van der Waals surface area contributed by atoms with Gasteiger partial charge in [-0.25, -0.2) is 4.39 Å². The van der Waals surface area contributed by atoms with Crippen molar-refractivity contribution < 1.29 is 18.8 Å². The molecular formula is C10H9BrFNO4. The highest BCUT2D eigenvalue weighted by Crippen LogP contribution is 2.31. The second-order valence-electron chi connectivity index (χ2n) is 3.11. The summed E-state index contributed by atoms with van der Waals surface area (Å²) in [5.74, 6) is -1.33. The van der Waals surface area contributed by atoms with E-state index in [-0.39, 0.29) is 23.1 Å². The monoisotopic (exact) mass is 305 g/mol. The number of rotatable bonds is 4. The van der Waals surface area contributed by atoms with E-state index in [2.05, 4.69) is 20.7 Å². The molecule has 0 spiro atoms. The molecule has 0 aromatic heterocycles. The maximum absolute atomic E-state index is 13.1. The van der Waals surface area contributed by atoms with Crippen LogP contribution in [-0.4, -0.2) is 17.5 Å². The van der Waals surface area contributed by atoms with Gasteiger partial charge in [-0.2, -0.15) is 0 Å². The van der Waals surface area contributed by atoms with Crippen molar-refractivity contribution in [1.82, 2.24) is 0 Å². The zero-order chi connectivity index (χ0) is 13.0. The highest BCUT2D eigenvalue weighted by molar-refractivity contribution is 9.10. The summed E-state index contributed by atoms with van der Waals surface area (Å²) in [4.78, 5) is 21.3. The van der Waals surface area contributed by atoms with E-state index in [1.165, 1.54) is 6.07 Å². The molecule has 0 saturated carbocycles. The quantitative estimate of drug-likeness (QED) is 0.487. The average molecular weight is 306 g/mol. The van der Waals surface area contributed by atoms with Crippen LogP contribution in [0.15, 0.2) is 16.6 Å². The van der Waals surface area contributed by atoms with Gasteiger partial charge in [0.25, 0.3) is 5.69 Å². The lowest BCUT2D eigenvalue weighted by atomic mass is 10.1. The fourth-order valence-electron chi connectivity index (χ4n) is 1.29. The first kappa shape index (κ1) is 13.6. The van der Waals surface area contributed by atoms with Gasteiger partial charge in [0.15, 0.2) is 0 Å². The number of halogens is 2. The Balaban J connectivity index is 3.11. The van der Waals surface area contributed by atoms with Gasteiger partial charge in [0, 0.05) is 5.56 Å². The Morgan fingerprint density at radius 2 is 2.24 bits per heavy atom. The second-order valence-corrected chi connectivity index (χ2v) is 3.90. The Morgan fingerprint density at radius 1 is 1.59 bits per heavy atom. The number of nitro groups is 1. The van der Waals surface area contributed by atoms with Gasteiger partial charge in [-0.3, -0.25) is 14.9 Å². The highest BCUT2D eigenvalue weighted by atomic mass is 79.9. The molecule has 0 unspecified atom stereocenters. The van der Waals surface area contributed by atoms with E-state index in [0.717, 1.165) is 6.07 Å². The maximum atomic E-state index is 13.1. The second kappa shape index (κ2) is 5.72. The number of hydrogen-bond donors (Lipinski definition) is 0. The van der Waals surface area contributed by atoms with Crippen molar-refractivity contribution >= 4 is 27.6 Å². The van der Waals surface area contributed by atoms with E-state index in [4.69, 9.17) is 0 Å². The molecule has 0 aliphatic rings. The van der Waals surface area contributed by atoms with Crippen LogP contribution < -0.4 is 0 Å². The Morgan fingerprint density at radius 3 is 2.76 bits per heavy atom. The Bertz CT molecular complexity index is 464. The van der Waals surface area contributed by atoms with Gasteiger partial charge in [-0.1, -0.05) is 0 Å². The molecule has 5 nitrogen and oxygen atoms in total. The number of nitrogens with zero attached hydrogens (tertiary/aromatic N) is 1. The van der Waals surface area contributed by atoms with E-state index in [9.17, 15) is 19.3 Å². The smallest absolute Gasteiger partial charge is 0.310 e. The minimum Gasteiger partial charge on any atom is -0.466 e. The summed E-state index contributed by atoms with van der Waals surface area (Å²) < 4.78 is 17.6. The molecule has 0 radical (unpaired) electrons. The summed E-state index contributed by atoms with van der Waals surface area (Å²) in [5, 5.41) is 10.8. The lowest BCUT2D eigenvalue weighted by Crippen LogP contribution is -2.09. The van der Waals surface area contributed by atoms with Gasteiger partial charge in [-0.05, 0) is 35.0 Å². The summed E-state index contributed by atoms with van der Waals surface area (Å²) >= 11 is 2.79. The molecule has 7 heteroatoms. The van der Waals surface area contributed by atoms with Crippen LogP contribution in [0.3, 0.4) is 0 Å². The molecule has 0 atom stereocenters. The molecular weight excluding hydrogens is 297 g/mol. The van der Waals surface area contributed by atoms with E-state index in [0.29, 0.717) is 0 Å². The molecule has 0 saturated heterocycles. The third kappa shape index (κ3) is 3.23. The van der Waals surface area contributed by atoms with Crippen molar-refractivity contribution in [2.24, 2.45) is 0 Å². The van der Waals surface area contributed by atoms with Gasteiger partial charge in [-0.15, -0.1) is 0 Å². The topological polar surface area (TPSA) is 69.4 Å². The standard InChI is InChI=1S/C10H9BrFNO4/c1-2-17-8(14)5-6-3-4-7(12)9(11)10(6)13(15)16/h3-4H,2,5H2,1H3. The number of ether oxygens (including phenoxy) is 1. The highest BCUT2D eigenvalue weighted by Gasteiger charge is 2.23. The van der Waals surface area contributed by atoms with Crippen LogP contribution in [0.4, 0.5) is 10.1 Å². The first-order valence-electron chi connectivity index (χ1n) is 4.74. The van der Waals surface area contributed by atoms with Crippen LogP contribution in [-0.2, 0) is 16.0 Å². The normalized spacial score (nSPS) is 10.1. The van der Waals surface area contributed by atoms with Crippen molar-refractivity contribution in [2.75, 3.05) is 6.61 Å². The van der Waals surface area contributed by atoms with E-state index >= 15 is 0 Å². The van der Waals surface area contributed by atoms with Crippen LogP contribution in [0.1, 0.15) is 12.5 Å². The lowest BCUT2D eigenvalue weighted by molar-refractivity contribution is -0.386. The number of nitro benzene ring substituents is 1. The number of esters is 1. The number of carbonyl (C=O) groups excluding carboxylic acids is 1. The predicted octanol–water partition coefficient (Wildman–Crippen LogP) is 2.60. The van der Waals surface area contributed by atoms with Crippen LogP contribution in [0.25, 0.3) is 0 Å². The fraction of sp³-hybridized carbons (Fsp3) is 0.300. The molecule has 0 aliphatic heterocycles. The van der Waals surface area contributed by atoms with Gasteiger partial charge >= 0.3 is 5.97 Å². The maximum Gasteiger partial charge on any atom is 0.310 e. The molecule has 0 N–H and O–H groups in total. The largest absolute Gasteiger partial charge is 0.466 e. The van der Waals surface area contributed by atoms with Crippen molar-refractivity contribution in [3.05, 3.63) is 38.1 Å². The van der Waals surface area contributed by atoms with Gasteiger partial charge in [0.2, 0.25) is 0 Å². The van der Waals surface area contributed by atoms with Crippen molar-refractivity contribution in [3.63, 3.8) is 0 Å². The minimum atomic E-state index is -0.746. The van der Waals surface area contributed by atoms with Crippen LogP contribution in [0.2, 0.25) is 0 Å². The first-order chi connectivity index (χ1) is 7.97. The molecule has 1 rings (SSSR count). The summed E-state index contributed by atoms with van der Waals surface area (Å²) in [5.41, 5.74) is -0.334. The SMILES string of the molecule is CCOC(=O)Cc1ccc(F)c(Br)c1[N+](=O)[O-]. The molecule has 17 heavy (non-hydrogen) atoms. The summed E-state index contributed by atoms with van der Waals surface area (Å²) in [6, 6.07) is 2.26. The lowest BCUT2D eigenvalue weighted by Gasteiger charge is -2.05. The third-order valence-electron chi connectivity index (χ3n) is 1.98. The Labute approximate surface area is 105 Å². The molecule has 0 fully saturated rings. The number of hydrogen-bond acceptors (Lipinski definition) is 4. The van der Waals surface area contributed by atoms with E-state index < -0.39 is 22.4 Å². The molecule has 0 bridgehead atoms. The minimum absolute atomic E-state index is 0.113. The predicted molar refractivity (Wildman–Crippen MR) is 61.1 cm³/mol. The van der Waals surface area contributed by atoms with E-state index in [1.807, 2.05) is 0 Å². The number of carbonyl (C=O) groups is 1. The van der Waals surface area contributed by atoms with E-state index in [1.54, 1.807) is 6.92 Å². The van der Waals surface area contributed by atoms with Gasteiger partial charge < -0.3 is 4.74 Å². The van der Waals surface area contributed by atoms with Gasteiger partial charge in [0.1, 0.15) is 10.3 Å². The van der Waals surface area contributed by atoms with Crippen LogP contribution >= 0.6 is 15.9 Å². The zero-order valence-corrected chi connectivity index (χ0v) is 10.5. The van der Waals surface area contributed by atoms with Crippen LogP contribution in [0.5, 0.6) is 0 Å². The molecule has 0 aliphatic carbocycles. The molecule has 1 aromatic rings. The van der Waals surface area contributed by atoms with Crippen molar-refractivity contribution in [2.45, 2.75) is 13.3 Å². The zero-order valence-electron chi connectivity index (χ0n) is 8.91. The van der Waals surface area contributed by atoms with Crippen LogP contribution in [0, 0.1) is 15.9 Å². The summed E-state index contributed by atoms with van der Waals surface area (Å²) in [6.07, 6.45) is -0.261. The summed E-state index contributed by atoms with van der Waals surface area (Å²) in [6.45, 7) is 1.82. The number of benzene rings is 1. The molecule has 0 heterocycles. The Kier molecular flexibility index (Phi) is 4.56. The Hall–Kier alpha value is -1.50. The molecule has 1 aromatic carbocycles. The van der Waals surface area contributed by atoms with Crippen molar-refractivity contribution in [3.8, 4) is 0 Å². The first-order valence-corrected chi connectivity index (χ1v) is 5.53. The summed E-state index contributed by atoms with van der Waals surface area (Å²) in [7, 11) is 0. The fourth-order valence-corrected chi connectivity index (χ4v) is 1.82. The average Bonchev–Trinajstić information content (AvgIpc) is 2.23.